The van der Waals surface area contributed by atoms with E-state index in [-0.39, 0.29) is 5.91 Å². The van der Waals surface area contributed by atoms with E-state index in [0.29, 0.717) is 12.1 Å². The molecule has 1 aliphatic heterocycles. The summed E-state index contributed by atoms with van der Waals surface area (Å²) in [6.07, 6.45) is 6.06. The minimum atomic E-state index is -0.0865. The third-order valence-corrected chi connectivity index (χ3v) is 5.55. The summed E-state index contributed by atoms with van der Waals surface area (Å²) in [5, 5.41) is 3.01. The van der Waals surface area contributed by atoms with Crippen LogP contribution in [0.4, 0.5) is 5.82 Å². The number of imidazole rings is 1. The number of carbonyl (C=O) groups excluding carboxylic acids is 1. The summed E-state index contributed by atoms with van der Waals surface area (Å²) in [7, 11) is 0. The molecule has 0 unspecified atom stereocenters. The molecule has 1 amide bonds. The first-order chi connectivity index (χ1) is 14.8. The van der Waals surface area contributed by atoms with Gasteiger partial charge in [-0.15, -0.1) is 0 Å². The lowest BCUT2D eigenvalue weighted by Gasteiger charge is -2.17. The Morgan fingerprint density at radius 3 is 2.60 bits per heavy atom. The lowest BCUT2D eigenvalue weighted by molar-refractivity contribution is 0.0951. The summed E-state index contributed by atoms with van der Waals surface area (Å²) < 4.78 is 2.02. The molecule has 1 N–H and O–H groups in total. The van der Waals surface area contributed by atoms with Crippen molar-refractivity contribution in [3.63, 3.8) is 0 Å². The average Bonchev–Trinajstić information content (AvgIpc) is 3.48. The van der Waals surface area contributed by atoms with E-state index in [1.807, 2.05) is 65.4 Å². The normalized spacial score (nSPS) is 13.7. The highest BCUT2D eigenvalue weighted by Gasteiger charge is 2.14. The monoisotopic (exact) mass is 397 g/mol. The number of carbonyl (C=O) groups is 1. The quantitative estimate of drug-likeness (QED) is 0.554. The van der Waals surface area contributed by atoms with Crippen LogP contribution in [0.2, 0.25) is 0 Å². The highest BCUT2D eigenvalue weighted by molar-refractivity contribution is 5.94. The number of hydrogen-bond acceptors (Lipinski definition) is 4. The molecule has 1 fully saturated rings. The summed E-state index contributed by atoms with van der Waals surface area (Å²) >= 11 is 0. The van der Waals surface area contributed by atoms with Crippen molar-refractivity contribution in [1.82, 2.24) is 19.9 Å². The molecule has 6 heteroatoms. The molecule has 1 saturated heterocycles. The predicted molar refractivity (Wildman–Crippen MR) is 118 cm³/mol. The van der Waals surface area contributed by atoms with E-state index >= 15 is 0 Å². The number of para-hydroxylation sites is 2. The fourth-order valence-corrected chi connectivity index (χ4v) is 3.91. The summed E-state index contributed by atoms with van der Waals surface area (Å²) in [6, 6.07) is 19.6. The van der Waals surface area contributed by atoms with Crippen molar-refractivity contribution in [3.05, 3.63) is 84.3 Å². The molecular formula is C24H23N5O. The maximum Gasteiger partial charge on any atom is 0.251 e. The molecule has 0 spiro atoms. The maximum absolute atomic E-state index is 12.6. The Kier molecular flexibility index (Phi) is 4.89. The van der Waals surface area contributed by atoms with Crippen LogP contribution < -0.4 is 10.2 Å². The van der Waals surface area contributed by atoms with Gasteiger partial charge in [-0.2, -0.15) is 0 Å². The van der Waals surface area contributed by atoms with Crippen molar-refractivity contribution in [2.75, 3.05) is 18.0 Å². The molecule has 1 aliphatic rings. The Morgan fingerprint density at radius 2 is 1.77 bits per heavy atom. The molecule has 3 heterocycles. The van der Waals surface area contributed by atoms with Gasteiger partial charge in [0.05, 0.1) is 11.0 Å². The van der Waals surface area contributed by atoms with E-state index in [1.165, 1.54) is 12.8 Å². The second-order valence-electron chi connectivity index (χ2n) is 7.55. The van der Waals surface area contributed by atoms with Gasteiger partial charge in [-0.25, -0.2) is 9.97 Å². The number of nitrogens with one attached hydrogen (secondary N) is 1. The number of aromatic nitrogens is 3. The summed E-state index contributed by atoms with van der Waals surface area (Å²) in [5.74, 6) is 0.910. The van der Waals surface area contributed by atoms with E-state index in [9.17, 15) is 4.79 Å². The van der Waals surface area contributed by atoms with Crippen LogP contribution in [0.25, 0.3) is 16.7 Å². The van der Waals surface area contributed by atoms with Gasteiger partial charge in [0.2, 0.25) is 0 Å². The van der Waals surface area contributed by atoms with Crippen LogP contribution in [0.15, 0.2) is 73.2 Å². The fraction of sp³-hybridized carbons (Fsp3) is 0.208. The zero-order valence-electron chi connectivity index (χ0n) is 16.7. The van der Waals surface area contributed by atoms with E-state index in [1.54, 1.807) is 6.33 Å². The molecule has 4 aromatic rings. The van der Waals surface area contributed by atoms with Gasteiger partial charge in [0, 0.05) is 37.1 Å². The second kappa shape index (κ2) is 7.99. The van der Waals surface area contributed by atoms with E-state index in [0.717, 1.165) is 41.2 Å². The van der Waals surface area contributed by atoms with Crippen LogP contribution in [-0.4, -0.2) is 33.5 Å². The van der Waals surface area contributed by atoms with Crippen LogP contribution in [0.3, 0.4) is 0 Å². The molecule has 150 valence electrons. The molecule has 5 rings (SSSR count). The van der Waals surface area contributed by atoms with Crippen molar-refractivity contribution < 1.29 is 4.79 Å². The van der Waals surface area contributed by atoms with Gasteiger partial charge in [0.1, 0.15) is 12.1 Å². The summed E-state index contributed by atoms with van der Waals surface area (Å²) in [6.45, 7) is 2.60. The standard InChI is InChI=1S/C24H23N5O/c30-24(26-16-18-11-12-25-23(15-18)28-13-3-4-14-28)19-7-9-20(10-8-19)29-17-27-21-5-1-2-6-22(21)29/h1-2,5-12,15,17H,3-4,13-14,16H2,(H,26,30). The predicted octanol–water partition coefficient (Wildman–Crippen LogP) is 3.95. The Labute approximate surface area is 175 Å². The van der Waals surface area contributed by atoms with Gasteiger partial charge in [-0.3, -0.25) is 9.36 Å². The van der Waals surface area contributed by atoms with Crippen molar-refractivity contribution >= 4 is 22.8 Å². The molecule has 30 heavy (non-hydrogen) atoms. The largest absolute Gasteiger partial charge is 0.357 e. The Bertz CT molecular complexity index is 1180. The number of nitrogens with zero attached hydrogens (tertiary/aromatic N) is 4. The zero-order valence-corrected chi connectivity index (χ0v) is 16.7. The zero-order chi connectivity index (χ0) is 20.3. The van der Waals surface area contributed by atoms with Crippen LogP contribution in [0.1, 0.15) is 28.8 Å². The summed E-state index contributed by atoms with van der Waals surface area (Å²) in [4.78, 5) is 23.8. The first-order valence-corrected chi connectivity index (χ1v) is 10.3. The van der Waals surface area contributed by atoms with Gasteiger partial charge < -0.3 is 10.2 Å². The maximum atomic E-state index is 12.6. The van der Waals surface area contributed by atoms with E-state index in [4.69, 9.17) is 0 Å². The van der Waals surface area contributed by atoms with Gasteiger partial charge >= 0.3 is 0 Å². The summed E-state index contributed by atoms with van der Waals surface area (Å²) in [5.41, 5.74) is 4.66. The lowest BCUT2D eigenvalue weighted by atomic mass is 10.1. The number of benzene rings is 2. The SMILES string of the molecule is O=C(NCc1ccnc(N2CCCC2)c1)c1ccc(-n2cnc3ccccc32)cc1. The molecule has 2 aromatic heterocycles. The third-order valence-electron chi connectivity index (χ3n) is 5.55. The highest BCUT2D eigenvalue weighted by Crippen LogP contribution is 2.20. The van der Waals surface area contributed by atoms with Crippen molar-refractivity contribution in [1.29, 1.82) is 0 Å². The van der Waals surface area contributed by atoms with Crippen LogP contribution >= 0.6 is 0 Å². The molecule has 0 aliphatic carbocycles. The van der Waals surface area contributed by atoms with Gasteiger partial charge in [-0.1, -0.05) is 12.1 Å². The number of hydrogen-bond donors (Lipinski definition) is 1. The number of fused-ring (bicyclic) bond motifs is 1. The molecule has 0 radical (unpaired) electrons. The molecule has 0 bridgehead atoms. The molecule has 0 saturated carbocycles. The van der Waals surface area contributed by atoms with Crippen molar-refractivity contribution in [3.8, 4) is 5.69 Å². The highest BCUT2D eigenvalue weighted by atomic mass is 16.1. The average molecular weight is 397 g/mol. The number of pyridine rings is 1. The van der Waals surface area contributed by atoms with Crippen molar-refractivity contribution in [2.24, 2.45) is 0 Å². The number of amides is 1. The minimum absolute atomic E-state index is 0.0865. The smallest absolute Gasteiger partial charge is 0.251 e. The first kappa shape index (κ1) is 18.4. The lowest BCUT2D eigenvalue weighted by Crippen LogP contribution is -2.23. The minimum Gasteiger partial charge on any atom is -0.357 e. The van der Waals surface area contributed by atoms with E-state index in [2.05, 4.69) is 26.3 Å². The first-order valence-electron chi connectivity index (χ1n) is 10.3. The van der Waals surface area contributed by atoms with Gasteiger partial charge in [0.15, 0.2) is 0 Å². The Morgan fingerprint density at radius 1 is 0.967 bits per heavy atom. The Balaban J connectivity index is 1.26. The molecule has 6 nitrogen and oxygen atoms in total. The van der Waals surface area contributed by atoms with Gasteiger partial charge in [-0.05, 0) is 66.9 Å². The number of anilines is 1. The van der Waals surface area contributed by atoms with Crippen LogP contribution in [-0.2, 0) is 6.54 Å². The van der Waals surface area contributed by atoms with Crippen molar-refractivity contribution in [2.45, 2.75) is 19.4 Å². The second-order valence-corrected chi connectivity index (χ2v) is 7.55. The van der Waals surface area contributed by atoms with Crippen LogP contribution in [0.5, 0.6) is 0 Å². The van der Waals surface area contributed by atoms with Crippen LogP contribution in [0, 0.1) is 0 Å². The Hall–Kier alpha value is -3.67. The third kappa shape index (κ3) is 3.64. The fourth-order valence-electron chi connectivity index (χ4n) is 3.91. The van der Waals surface area contributed by atoms with E-state index < -0.39 is 0 Å². The van der Waals surface area contributed by atoms with Gasteiger partial charge in [0.25, 0.3) is 5.91 Å². The molecule has 0 atom stereocenters. The molecular weight excluding hydrogens is 374 g/mol. The molecule has 2 aromatic carbocycles. The number of rotatable bonds is 5. The topological polar surface area (TPSA) is 63.1 Å².